The maximum atomic E-state index is 12.4. The van der Waals surface area contributed by atoms with Gasteiger partial charge in [0.1, 0.15) is 0 Å². The molecule has 0 unspecified atom stereocenters. The lowest BCUT2D eigenvalue weighted by molar-refractivity contribution is -0.134. The number of likely N-dealkylation sites (tertiary alicyclic amines) is 1. The Morgan fingerprint density at radius 3 is 2.45 bits per heavy atom. The van der Waals surface area contributed by atoms with Crippen LogP contribution in [0.4, 0.5) is 0 Å². The van der Waals surface area contributed by atoms with Gasteiger partial charge in [-0.15, -0.1) is 0 Å². The Labute approximate surface area is 122 Å². The smallest absolute Gasteiger partial charge is 0.226 e. The molecule has 0 aromatic carbocycles. The number of rotatable bonds is 2. The molecular weight excluding hydrogens is 274 g/mol. The van der Waals surface area contributed by atoms with Gasteiger partial charge in [-0.2, -0.15) is 0 Å². The van der Waals surface area contributed by atoms with E-state index >= 15 is 0 Å². The van der Waals surface area contributed by atoms with Crippen LogP contribution in [0.1, 0.15) is 46.5 Å². The largest absolute Gasteiger partial charge is 0.341 e. The first-order chi connectivity index (χ1) is 9.23. The molecule has 0 aromatic rings. The molecule has 1 saturated heterocycles. The van der Waals surface area contributed by atoms with Crippen molar-refractivity contribution in [3.05, 3.63) is 12.2 Å². The summed E-state index contributed by atoms with van der Waals surface area (Å²) in [6, 6.07) is 0. The van der Waals surface area contributed by atoms with Crippen molar-refractivity contribution >= 4 is 15.7 Å². The van der Waals surface area contributed by atoms with Gasteiger partial charge in [0.05, 0.1) is 10.00 Å². The zero-order valence-corrected chi connectivity index (χ0v) is 13.4. The van der Waals surface area contributed by atoms with Crippen molar-refractivity contribution < 1.29 is 13.2 Å². The fourth-order valence-electron chi connectivity index (χ4n) is 2.96. The summed E-state index contributed by atoms with van der Waals surface area (Å²) in [6.45, 7) is 6.16. The van der Waals surface area contributed by atoms with Gasteiger partial charge < -0.3 is 4.90 Å². The van der Waals surface area contributed by atoms with E-state index in [1.54, 1.807) is 25.7 Å². The van der Waals surface area contributed by atoms with Gasteiger partial charge in [0.2, 0.25) is 5.91 Å². The van der Waals surface area contributed by atoms with E-state index in [0.717, 1.165) is 19.3 Å². The number of carbonyl (C=O) groups excluding carboxylic acids is 1. The first-order valence-electron chi connectivity index (χ1n) is 7.40. The van der Waals surface area contributed by atoms with Crippen LogP contribution >= 0.6 is 0 Å². The van der Waals surface area contributed by atoms with E-state index in [1.165, 1.54) is 0 Å². The third-order valence-electron chi connectivity index (χ3n) is 4.37. The van der Waals surface area contributed by atoms with E-state index in [4.69, 9.17) is 0 Å². The van der Waals surface area contributed by atoms with Crippen molar-refractivity contribution in [2.24, 2.45) is 5.92 Å². The highest BCUT2D eigenvalue weighted by molar-refractivity contribution is 7.93. The van der Waals surface area contributed by atoms with Gasteiger partial charge in [-0.25, -0.2) is 8.42 Å². The average Bonchev–Trinajstić information content (AvgIpc) is 2.87. The number of carbonyl (C=O) groups is 1. The first kappa shape index (κ1) is 15.5. The molecule has 1 aliphatic carbocycles. The Hall–Kier alpha value is -0.840. The first-order valence-corrected chi connectivity index (χ1v) is 8.95. The second kappa shape index (κ2) is 5.51. The van der Waals surface area contributed by atoms with Gasteiger partial charge in [-0.3, -0.25) is 4.79 Å². The lowest BCUT2D eigenvalue weighted by Crippen LogP contribution is -2.41. The lowest BCUT2D eigenvalue weighted by atomic mass is 9.93. The van der Waals surface area contributed by atoms with Crippen LogP contribution in [0.2, 0.25) is 0 Å². The van der Waals surface area contributed by atoms with Gasteiger partial charge >= 0.3 is 0 Å². The molecule has 1 heterocycles. The third kappa shape index (κ3) is 2.92. The fourth-order valence-corrected chi connectivity index (χ4v) is 4.75. The molecular formula is C15H25NO3S. The van der Waals surface area contributed by atoms with Crippen molar-refractivity contribution in [2.45, 2.75) is 56.5 Å². The Morgan fingerprint density at radius 2 is 1.90 bits per heavy atom. The molecule has 20 heavy (non-hydrogen) atoms. The van der Waals surface area contributed by atoms with E-state index < -0.39 is 19.8 Å². The zero-order valence-electron chi connectivity index (χ0n) is 12.6. The second-order valence-electron chi connectivity index (χ2n) is 6.83. The third-order valence-corrected chi connectivity index (χ3v) is 7.34. The highest BCUT2D eigenvalue weighted by atomic mass is 32.2. The number of hydrogen-bond acceptors (Lipinski definition) is 3. The molecule has 5 heteroatoms. The number of allylic oxidation sites excluding steroid dienone is 2. The summed E-state index contributed by atoms with van der Waals surface area (Å²) in [7, 11) is -3.18. The van der Waals surface area contributed by atoms with E-state index in [9.17, 15) is 13.2 Å². The van der Waals surface area contributed by atoms with Crippen molar-refractivity contribution in [1.29, 1.82) is 0 Å². The van der Waals surface area contributed by atoms with E-state index in [-0.39, 0.29) is 11.8 Å². The van der Waals surface area contributed by atoms with Gasteiger partial charge in [0, 0.05) is 19.0 Å². The summed E-state index contributed by atoms with van der Waals surface area (Å²) in [6.07, 6.45) is 7.39. The Bertz CT molecular complexity index is 502. The standard InChI is InChI=1S/C15H25NO3S/c1-15(2,3)20(18,19)13-9-10-16(11-13)14(17)12-7-5-4-6-8-12/h4-5,12-13H,6-11H2,1-3H3/t12-,13+/m0/s1. The predicted octanol–water partition coefficient (Wildman–Crippen LogP) is 2.16. The average molecular weight is 299 g/mol. The maximum absolute atomic E-state index is 12.4. The van der Waals surface area contributed by atoms with Crippen molar-refractivity contribution in [3.63, 3.8) is 0 Å². The van der Waals surface area contributed by atoms with Gasteiger partial charge in [0.15, 0.2) is 9.84 Å². The summed E-state index contributed by atoms with van der Waals surface area (Å²) < 4.78 is 24.2. The van der Waals surface area contributed by atoms with E-state index in [2.05, 4.69) is 12.2 Å². The number of hydrogen-bond donors (Lipinski definition) is 0. The number of nitrogens with zero attached hydrogens (tertiary/aromatic N) is 1. The molecule has 0 N–H and O–H groups in total. The van der Waals surface area contributed by atoms with Crippen LogP contribution in [0.15, 0.2) is 12.2 Å². The number of sulfone groups is 1. The molecule has 2 aliphatic rings. The molecule has 2 atom stereocenters. The molecule has 0 radical (unpaired) electrons. The molecule has 4 nitrogen and oxygen atoms in total. The summed E-state index contributed by atoms with van der Waals surface area (Å²) in [4.78, 5) is 14.2. The summed E-state index contributed by atoms with van der Waals surface area (Å²) in [5.41, 5.74) is 0. The fraction of sp³-hybridized carbons (Fsp3) is 0.800. The minimum absolute atomic E-state index is 0.0519. The summed E-state index contributed by atoms with van der Waals surface area (Å²) in [5.74, 6) is 0.192. The topological polar surface area (TPSA) is 54.5 Å². The quantitative estimate of drug-likeness (QED) is 0.734. The van der Waals surface area contributed by atoms with Gasteiger partial charge in [0.25, 0.3) is 0 Å². The molecule has 1 aliphatic heterocycles. The highest BCUT2D eigenvalue weighted by Crippen LogP contribution is 2.29. The normalized spacial score (nSPS) is 27.9. The molecule has 0 bridgehead atoms. The van der Waals surface area contributed by atoms with Crippen LogP contribution in [0, 0.1) is 5.92 Å². The molecule has 1 fully saturated rings. The second-order valence-corrected chi connectivity index (χ2v) is 9.82. The minimum atomic E-state index is -3.18. The van der Waals surface area contributed by atoms with Crippen LogP contribution in [-0.2, 0) is 14.6 Å². The lowest BCUT2D eigenvalue weighted by Gasteiger charge is -2.26. The van der Waals surface area contributed by atoms with Crippen LogP contribution < -0.4 is 0 Å². The van der Waals surface area contributed by atoms with Crippen LogP contribution in [-0.4, -0.2) is 42.3 Å². The molecule has 2 rings (SSSR count). The molecule has 0 saturated carbocycles. The maximum Gasteiger partial charge on any atom is 0.226 e. The Balaban J connectivity index is 2.02. The number of amides is 1. The van der Waals surface area contributed by atoms with Crippen molar-refractivity contribution in [3.8, 4) is 0 Å². The van der Waals surface area contributed by atoms with Crippen molar-refractivity contribution in [2.75, 3.05) is 13.1 Å². The zero-order chi connectivity index (χ0) is 15.0. The van der Waals surface area contributed by atoms with Gasteiger partial charge in [-0.05, 0) is 46.5 Å². The monoisotopic (exact) mass is 299 g/mol. The Morgan fingerprint density at radius 1 is 1.20 bits per heavy atom. The summed E-state index contributed by atoms with van der Waals surface area (Å²) >= 11 is 0. The van der Waals surface area contributed by atoms with Gasteiger partial charge in [-0.1, -0.05) is 12.2 Å². The summed E-state index contributed by atoms with van der Waals surface area (Å²) in [5, 5.41) is -0.398. The molecule has 0 aromatic heterocycles. The predicted molar refractivity (Wildman–Crippen MR) is 80.1 cm³/mol. The highest BCUT2D eigenvalue weighted by Gasteiger charge is 2.42. The molecule has 114 valence electrons. The van der Waals surface area contributed by atoms with E-state index in [0.29, 0.717) is 19.5 Å². The Kier molecular flexibility index (Phi) is 4.28. The SMILES string of the molecule is CC(C)(C)S(=O)(=O)[C@@H]1CCN(C(=O)[C@H]2CC=CCC2)C1. The van der Waals surface area contributed by atoms with Crippen molar-refractivity contribution in [1.82, 2.24) is 4.90 Å². The van der Waals surface area contributed by atoms with Crippen LogP contribution in [0.25, 0.3) is 0 Å². The molecule has 0 spiro atoms. The van der Waals surface area contributed by atoms with E-state index in [1.807, 2.05) is 0 Å². The van der Waals surface area contributed by atoms with Crippen LogP contribution in [0.5, 0.6) is 0 Å². The molecule has 1 amide bonds. The van der Waals surface area contributed by atoms with Crippen LogP contribution in [0.3, 0.4) is 0 Å². The minimum Gasteiger partial charge on any atom is -0.341 e.